The van der Waals surface area contributed by atoms with E-state index in [4.69, 9.17) is 11.0 Å². The minimum Gasteiger partial charge on any atom is -0.383 e. The van der Waals surface area contributed by atoms with Gasteiger partial charge in [-0.1, -0.05) is 12.1 Å². The van der Waals surface area contributed by atoms with Gasteiger partial charge in [-0.25, -0.2) is 15.0 Å². The Morgan fingerprint density at radius 3 is 2.80 bits per heavy atom. The van der Waals surface area contributed by atoms with Crippen molar-refractivity contribution in [1.29, 1.82) is 5.26 Å². The smallest absolute Gasteiger partial charge is 0.181 e. The summed E-state index contributed by atoms with van der Waals surface area (Å²) in [4.78, 5) is 19.4. The SMILES string of the molecule is N#Cc1cccc(-c2nc(N)c3cc(Cc4ccccn4)sc3n2)n1. The van der Waals surface area contributed by atoms with Gasteiger partial charge in [-0.05, 0) is 30.3 Å². The highest BCUT2D eigenvalue weighted by Gasteiger charge is 2.13. The summed E-state index contributed by atoms with van der Waals surface area (Å²) in [5, 5.41) is 9.83. The molecule has 0 aliphatic carbocycles. The van der Waals surface area contributed by atoms with Crippen molar-refractivity contribution in [2.24, 2.45) is 0 Å². The molecule has 0 aliphatic rings. The van der Waals surface area contributed by atoms with Crippen LogP contribution < -0.4 is 5.73 Å². The first-order valence-electron chi connectivity index (χ1n) is 7.56. The summed E-state index contributed by atoms with van der Waals surface area (Å²) in [5.74, 6) is 0.834. The van der Waals surface area contributed by atoms with Crippen LogP contribution in [-0.2, 0) is 6.42 Å². The molecule has 7 heteroatoms. The predicted molar refractivity (Wildman–Crippen MR) is 96.8 cm³/mol. The fourth-order valence-electron chi connectivity index (χ4n) is 2.50. The second-order valence-corrected chi connectivity index (χ2v) is 6.50. The minimum atomic E-state index is 0.321. The highest BCUT2D eigenvalue weighted by atomic mass is 32.1. The third-order valence-electron chi connectivity index (χ3n) is 3.65. The van der Waals surface area contributed by atoms with Gasteiger partial charge in [0.25, 0.3) is 0 Å². The molecule has 4 heterocycles. The molecule has 0 spiro atoms. The number of nitriles is 1. The van der Waals surface area contributed by atoms with E-state index in [1.807, 2.05) is 30.3 Å². The Balaban J connectivity index is 1.75. The molecule has 6 nitrogen and oxygen atoms in total. The summed E-state index contributed by atoms with van der Waals surface area (Å²) < 4.78 is 0. The summed E-state index contributed by atoms with van der Waals surface area (Å²) >= 11 is 1.56. The zero-order chi connectivity index (χ0) is 17.2. The van der Waals surface area contributed by atoms with Gasteiger partial charge >= 0.3 is 0 Å². The molecule has 0 amide bonds. The van der Waals surface area contributed by atoms with Crippen molar-refractivity contribution in [3.63, 3.8) is 0 Å². The average molecular weight is 344 g/mol. The third-order valence-corrected chi connectivity index (χ3v) is 4.68. The molecule has 0 bridgehead atoms. The van der Waals surface area contributed by atoms with E-state index in [1.165, 1.54) is 0 Å². The topological polar surface area (TPSA) is 101 Å². The molecule has 0 aliphatic heterocycles. The summed E-state index contributed by atoms with van der Waals surface area (Å²) in [6.07, 6.45) is 2.50. The van der Waals surface area contributed by atoms with Crippen LogP contribution in [0, 0.1) is 11.3 Å². The number of rotatable bonds is 3. The van der Waals surface area contributed by atoms with E-state index in [0.717, 1.165) is 27.2 Å². The highest BCUT2D eigenvalue weighted by Crippen LogP contribution is 2.30. The Kier molecular flexibility index (Phi) is 3.80. The molecule has 0 aromatic carbocycles. The number of thiophene rings is 1. The quantitative estimate of drug-likeness (QED) is 0.612. The summed E-state index contributed by atoms with van der Waals surface area (Å²) in [5.41, 5.74) is 7.96. The lowest BCUT2D eigenvalue weighted by molar-refractivity contribution is 1.10. The van der Waals surface area contributed by atoms with Crippen molar-refractivity contribution in [2.75, 3.05) is 5.73 Å². The maximum absolute atomic E-state index is 9.00. The van der Waals surface area contributed by atoms with Gasteiger partial charge < -0.3 is 5.73 Å². The molecular weight excluding hydrogens is 332 g/mol. The first-order valence-corrected chi connectivity index (χ1v) is 8.38. The van der Waals surface area contributed by atoms with Crippen LogP contribution >= 0.6 is 11.3 Å². The number of aromatic nitrogens is 4. The van der Waals surface area contributed by atoms with E-state index in [1.54, 1.807) is 35.7 Å². The first-order chi connectivity index (χ1) is 12.2. The lowest BCUT2D eigenvalue weighted by atomic mass is 10.2. The van der Waals surface area contributed by atoms with Crippen LogP contribution in [0.3, 0.4) is 0 Å². The van der Waals surface area contributed by atoms with Gasteiger partial charge in [-0.2, -0.15) is 5.26 Å². The third kappa shape index (κ3) is 3.03. The number of hydrogen-bond donors (Lipinski definition) is 1. The zero-order valence-electron chi connectivity index (χ0n) is 13.0. The molecule has 0 radical (unpaired) electrons. The van der Waals surface area contributed by atoms with Crippen LogP contribution in [-0.4, -0.2) is 19.9 Å². The van der Waals surface area contributed by atoms with Crippen molar-refractivity contribution in [3.8, 4) is 17.6 Å². The highest BCUT2D eigenvalue weighted by molar-refractivity contribution is 7.18. The maximum atomic E-state index is 9.00. The standard InChI is InChI=1S/C18H12N6S/c19-10-12-5-3-6-15(22-12)17-23-16(20)14-9-13(25-18(14)24-17)8-11-4-1-2-7-21-11/h1-7,9H,8H2,(H2,20,23,24). The van der Waals surface area contributed by atoms with Crippen molar-refractivity contribution < 1.29 is 0 Å². The Hall–Kier alpha value is -3.37. The number of nitrogens with two attached hydrogens (primary N) is 1. The van der Waals surface area contributed by atoms with E-state index in [0.29, 0.717) is 23.0 Å². The van der Waals surface area contributed by atoms with Gasteiger partial charge in [0.1, 0.15) is 28.1 Å². The van der Waals surface area contributed by atoms with Crippen LogP contribution in [0.1, 0.15) is 16.3 Å². The first kappa shape index (κ1) is 15.2. The number of fused-ring (bicyclic) bond motifs is 1. The molecule has 2 N–H and O–H groups in total. The molecule has 25 heavy (non-hydrogen) atoms. The minimum absolute atomic E-state index is 0.321. The molecule has 4 aromatic heterocycles. The maximum Gasteiger partial charge on any atom is 0.181 e. The monoisotopic (exact) mass is 344 g/mol. The van der Waals surface area contributed by atoms with Crippen molar-refractivity contribution >= 4 is 27.4 Å². The molecule has 4 rings (SSSR count). The average Bonchev–Trinajstić information content (AvgIpc) is 3.05. The van der Waals surface area contributed by atoms with E-state index >= 15 is 0 Å². The molecule has 0 saturated heterocycles. The van der Waals surface area contributed by atoms with E-state index < -0.39 is 0 Å². The van der Waals surface area contributed by atoms with Crippen molar-refractivity contribution in [1.82, 2.24) is 19.9 Å². The predicted octanol–water partition coefficient (Wildman–Crippen LogP) is 3.19. The Morgan fingerprint density at radius 1 is 1.08 bits per heavy atom. The molecule has 0 fully saturated rings. The number of pyridine rings is 2. The van der Waals surface area contributed by atoms with Gasteiger partial charge in [0.2, 0.25) is 0 Å². The Morgan fingerprint density at radius 2 is 2.00 bits per heavy atom. The largest absolute Gasteiger partial charge is 0.383 e. The molecule has 0 saturated carbocycles. The van der Waals surface area contributed by atoms with Gasteiger partial charge in [0.05, 0.1) is 5.39 Å². The fraction of sp³-hybridized carbons (Fsp3) is 0.0556. The van der Waals surface area contributed by atoms with Crippen LogP contribution in [0.15, 0.2) is 48.7 Å². The normalized spacial score (nSPS) is 10.7. The van der Waals surface area contributed by atoms with Crippen LogP contribution in [0.25, 0.3) is 21.7 Å². The molecular formula is C18H12N6S. The van der Waals surface area contributed by atoms with Crippen molar-refractivity contribution in [3.05, 3.63) is 64.9 Å². The molecule has 4 aromatic rings. The van der Waals surface area contributed by atoms with E-state index in [2.05, 4.69) is 19.9 Å². The Labute approximate surface area is 147 Å². The number of hydrogen-bond acceptors (Lipinski definition) is 7. The molecule has 120 valence electrons. The number of nitrogens with zero attached hydrogens (tertiary/aromatic N) is 5. The summed E-state index contributed by atoms with van der Waals surface area (Å²) in [7, 11) is 0. The molecule has 0 unspecified atom stereocenters. The Bertz CT molecular complexity index is 1100. The van der Waals surface area contributed by atoms with E-state index in [9.17, 15) is 0 Å². The summed E-state index contributed by atoms with van der Waals surface area (Å²) in [6.45, 7) is 0. The van der Waals surface area contributed by atoms with Crippen molar-refractivity contribution in [2.45, 2.75) is 6.42 Å². The lowest BCUT2D eigenvalue weighted by Crippen LogP contribution is -1.98. The van der Waals surface area contributed by atoms with Gasteiger partial charge in [0, 0.05) is 23.2 Å². The fourth-order valence-corrected chi connectivity index (χ4v) is 3.55. The van der Waals surface area contributed by atoms with Crippen LogP contribution in [0.4, 0.5) is 5.82 Å². The number of nitrogen functional groups attached to an aromatic ring is 1. The van der Waals surface area contributed by atoms with Crippen LogP contribution in [0.5, 0.6) is 0 Å². The molecule has 0 atom stereocenters. The van der Waals surface area contributed by atoms with Gasteiger partial charge in [0.15, 0.2) is 5.82 Å². The van der Waals surface area contributed by atoms with E-state index in [-0.39, 0.29) is 0 Å². The number of anilines is 1. The van der Waals surface area contributed by atoms with Gasteiger partial charge in [-0.15, -0.1) is 11.3 Å². The zero-order valence-corrected chi connectivity index (χ0v) is 13.9. The summed E-state index contributed by atoms with van der Waals surface area (Å²) in [6, 6.07) is 15.0. The van der Waals surface area contributed by atoms with Crippen LogP contribution in [0.2, 0.25) is 0 Å². The van der Waals surface area contributed by atoms with Gasteiger partial charge in [-0.3, -0.25) is 4.98 Å². The second kappa shape index (κ2) is 6.26. The lowest BCUT2D eigenvalue weighted by Gasteiger charge is -2.01. The second-order valence-electron chi connectivity index (χ2n) is 5.38.